The molecule has 0 bridgehead atoms. The number of benzene rings is 2. The summed E-state index contributed by atoms with van der Waals surface area (Å²) in [5.41, 5.74) is 4.38. The van der Waals surface area contributed by atoms with Gasteiger partial charge in [-0.3, -0.25) is 4.79 Å². The number of likely N-dealkylation sites (N-methyl/N-ethyl adjacent to an activating group) is 1. The summed E-state index contributed by atoms with van der Waals surface area (Å²) >= 11 is 0. The molecule has 0 saturated carbocycles. The van der Waals surface area contributed by atoms with E-state index in [2.05, 4.69) is 55.4 Å². The van der Waals surface area contributed by atoms with Gasteiger partial charge in [0.25, 0.3) is 0 Å². The monoisotopic (exact) mass is 364 g/mol. The molecule has 1 fully saturated rings. The standard InChI is InChI=1S/C23H29N3O/c1-18(2)20-7-4-19(5-8-20)6-13-23(27)24-21-9-11-22(12-10-21)26-16-14-25(3)15-17-26/h4-13,18H,14-17H2,1-3H3,(H,24,27)/p+1/b13-6+. The Morgan fingerprint density at radius 3 is 2.26 bits per heavy atom. The maximum absolute atomic E-state index is 12.2. The lowest BCUT2D eigenvalue weighted by Gasteiger charge is -2.31. The van der Waals surface area contributed by atoms with Crippen LogP contribution in [0.1, 0.15) is 30.9 Å². The van der Waals surface area contributed by atoms with Crippen LogP contribution in [0.15, 0.2) is 54.6 Å². The minimum Gasteiger partial charge on any atom is -0.360 e. The van der Waals surface area contributed by atoms with Crippen molar-refractivity contribution < 1.29 is 9.69 Å². The van der Waals surface area contributed by atoms with Crippen molar-refractivity contribution in [2.75, 3.05) is 43.4 Å². The van der Waals surface area contributed by atoms with E-state index in [9.17, 15) is 4.79 Å². The summed E-state index contributed by atoms with van der Waals surface area (Å²) in [5.74, 6) is 0.403. The number of rotatable bonds is 5. The third kappa shape index (κ3) is 5.44. The summed E-state index contributed by atoms with van der Waals surface area (Å²) in [6.45, 7) is 8.84. The number of nitrogens with zero attached hydrogens (tertiary/aromatic N) is 1. The molecule has 142 valence electrons. The molecule has 0 spiro atoms. The number of carbonyl (C=O) groups is 1. The maximum atomic E-state index is 12.2. The molecule has 4 nitrogen and oxygen atoms in total. The molecule has 1 aliphatic heterocycles. The molecule has 2 aromatic carbocycles. The van der Waals surface area contributed by atoms with Gasteiger partial charge in [0.1, 0.15) is 0 Å². The van der Waals surface area contributed by atoms with E-state index in [1.54, 1.807) is 11.0 Å². The molecule has 0 aliphatic carbocycles. The Labute approximate surface area is 162 Å². The molecule has 0 radical (unpaired) electrons. The Kier molecular flexibility index (Phi) is 6.30. The predicted molar refractivity (Wildman–Crippen MR) is 113 cm³/mol. The Morgan fingerprint density at radius 1 is 1.04 bits per heavy atom. The molecule has 1 aliphatic rings. The highest BCUT2D eigenvalue weighted by molar-refractivity contribution is 6.02. The van der Waals surface area contributed by atoms with Gasteiger partial charge in [-0.25, -0.2) is 0 Å². The van der Waals surface area contributed by atoms with Gasteiger partial charge in [-0.1, -0.05) is 38.1 Å². The first-order valence-electron chi connectivity index (χ1n) is 9.76. The van der Waals surface area contributed by atoms with Gasteiger partial charge in [-0.05, 0) is 47.4 Å². The second-order valence-corrected chi connectivity index (χ2v) is 7.63. The van der Waals surface area contributed by atoms with E-state index in [0.717, 1.165) is 24.3 Å². The quantitative estimate of drug-likeness (QED) is 0.801. The lowest BCUT2D eigenvalue weighted by Crippen LogP contribution is -3.12. The van der Waals surface area contributed by atoms with E-state index >= 15 is 0 Å². The van der Waals surface area contributed by atoms with Crippen molar-refractivity contribution in [2.45, 2.75) is 19.8 Å². The molecule has 1 saturated heterocycles. The fourth-order valence-corrected chi connectivity index (χ4v) is 3.25. The van der Waals surface area contributed by atoms with Crippen LogP contribution in [0.2, 0.25) is 0 Å². The van der Waals surface area contributed by atoms with Crippen LogP contribution in [0.3, 0.4) is 0 Å². The van der Waals surface area contributed by atoms with Crippen LogP contribution < -0.4 is 15.1 Å². The molecule has 2 N–H and O–H groups in total. The van der Waals surface area contributed by atoms with Crippen molar-refractivity contribution in [1.82, 2.24) is 0 Å². The predicted octanol–water partition coefficient (Wildman–Crippen LogP) is 2.80. The van der Waals surface area contributed by atoms with Gasteiger partial charge in [0.15, 0.2) is 0 Å². The number of anilines is 2. The average molecular weight is 365 g/mol. The van der Waals surface area contributed by atoms with E-state index in [1.165, 1.54) is 24.3 Å². The summed E-state index contributed by atoms with van der Waals surface area (Å²) < 4.78 is 0. The maximum Gasteiger partial charge on any atom is 0.248 e. The summed E-state index contributed by atoms with van der Waals surface area (Å²) in [6.07, 6.45) is 3.43. The molecule has 1 amide bonds. The molecule has 0 unspecified atom stereocenters. The van der Waals surface area contributed by atoms with E-state index in [0.29, 0.717) is 5.92 Å². The molecule has 27 heavy (non-hydrogen) atoms. The van der Waals surface area contributed by atoms with Crippen LogP contribution in [-0.4, -0.2) is 39.1 Å². The normalized spacial score (nSPS) is 15.5. The molecule has 4 heteroatoms. The number of nitrogens with one attached hydrogen (secondary N) is 2. The third-order valence-corrected chi connectivity index (χ3v) is 5.15. The molecular formula is C23H30N3O+. The van der Waals surface area contributed by atoms with E-state index < -0.39 is 0 Å². The van der Waals surface area contributed by atoms with Crippen LogP contribution in [0.5, 0.6) is 0 Å². The largest absolute Gasteiger partial charge is 0.360 e. The topological polar surface area (TPSA) is 36.8 Å². The van der Waals surface area contributed by atoms with Gasteiger partial charge in [0.2, 0.25) is 5.91 Å². The third-order valence-electron chi connectivity index (χ3n) is 5.15. The average Bonchev–Trinajstić information content (AvgIpc) is 2.68. The molecule has 0 aromatic heterocycles. The Bertz CT molecular complexity index is 770. The summed E-state index contributed by atoms with van der Waals surface area (Å²) in [6, 6.07) is 16.4. The van der Waals surface area contributed by atoms with Gasteiger partial charge >= 0.3 is 0 Å². The second kappa shape index (κ2) is 8.87. The minimum absolute atomic E-state index is 0.112. The van der Waals surface area contributed by atoms with E-state index in [4.69, 9.17) is 0 Å². The first-order valence-corrected chi connectivity index (χ1v) is 9.76. The number of amides is 1. The van der Waals surface area contributed by atoms with Crippen molar-refractivity contribution in [3.05, 3.63) is 65.7 Å². The summed E-state index contributed by atoms with van der Waals surface area (Å²) in [7, 11) is 2.24. The van der Waals surface area contributed by atoms with Crippen LogP contribution >= 0.6 is 0 Å². The Morgan fingerprint density at radius 2 is 1.67 bits per heavy atom. The summed E-state index contributed by atoms with van der Waals surface area (Å²) in [4.78, 5) is 16.2. The molecule has 0 atom stereocenters. The van der Waals surface area contributed by atoms with Crippen LogP contribution in [0.25, 0.3) is 6.08 Å². The van der Waals surface area contributed by atoms with Gasteiger partial charge in [0, 0.05) is 17.5 Å². The first kappa shape index (κ1) is 19.2. The zero-order valence-electron chi connectivity index (χ0n) is 16.5. The van der Waals surface area contributed by atoms with Gasteiger partial charge in [-0.15, -0.1) is 0 Å². The van der Waals surface area contributed by atoms with Crippen LogP contribution in [0.4, 0.5) is 11.4 Å². The Balaban J connectivity index is 1.54. The van der Waals surface area contributed by atoms with Crippen molar-refractivity contribution in [3.63, 3.8) is 0 Å². The molecular weight excluding hydrogens is 334 g/mol. The van der Waals surface area contributed by atoms with Crippen LogP contribution in [0, 0.1) is 0 Å². The lowest BCUT2D eigenvalue weighted by atomic mass is 10.0. The van der Waals surface area contributed by atoms with Crippen molar-refractivity contribution in [1.29, 1.82) is 0 Å². The first-order chi connectivity index (χ1) is 13.0. The summed E-state index contributed by atoms with van der Waals surface area (Å²) in [5, 5.41) is 2.93. The number of piperazine rings is 1. The molecule has 1 heterocycles. The number of carbonyl (C=O) groups excluding carboxylic acids is 1. The smallest absolute Gasteiger partial charge is 0.248 e. The van der Waals surface area contributed by atoms with Crippen molar-refractivity contribution in [2.24, 2.45) is 0 Å². The van der Waals surface area contributed by atoms with Crippen LogP contribution in [-0.2, 0) is 4.79 Å². The minimum atomic E-state index is -0.112. The van der Waals surface area contributed by atoms with E-state index in [-0.39, 0.29) is 5.91 Å². The van der Waals surface area contributed by atoms with Gasteiger partial charge < -0.3 is 15.1 Å². The highest BCUT2D eigenvalue weighted by Gasteiger charge is 2.16. The number of hydrogen-bond acceptors (Lipinski definition) is 2. The number of quaternary nitrogens is 1. The second-order valence-electron chi connectivity index (χ2n) is 7.63. The van der Waals surface area contributed by atoms with E-state index in [1.807, 2.05) is 30.3 Å². The molecule has 3 rings (SSSR count). The van der Waals surface area contributed by atoms with Crippen molar-refractivity contribution >= 4 is 23.4 Å². The number of hydrogen-bond donors (Lipinski definition) is 2. The molecule has 2 aromatic rings. The SMILES string of the molecule is CC(C)c1ccc(/C=C/C(=O)Nc2ccc(N3CC[NH+](C)CC3)cc2)cc1. The van der Waals surface area contributed by atoms with Crippen molar-refractivity contribution in [3.8, 4) is 0 Å². The highest BCUT2D eigenvalue weighted by Crippen LogP contribution is 2.18. The fraction of sp³-hybridized carbons (Fsp3) is 0.348. The zero-order chi connectivity index (χ0) is 19.2. The lowest BCUT2D eigenvalue weighted by molar-refractivity contribution is -0.880. The van der Waals surface area contributed by atoms with Gasteiger partial charge in [0.05, 0.1) is 33.2 Å². The fourth-order valence-electron chi connectivity index (χ4n) is 3.25. The Hall–Kier alpha value is -2.59. The van der Waals surface area contributed by atoms with Gasteiger partial charge in [-0.2, -0.15) is 0 Å². The highest BCUT2D eigenvalue weighted by atomic mass is 16.1. The zero-order valence-corrected chi connectivity index (χ0v) is 16.5.